The predicted octanol–water partition coefficient (Wildman–Crippen LogP) is 1.36. The minimum Gasteiger partial charge on any atom is -0.308 e. The van der Waals surface area contributed by atoms with Crippen LogP contribution in [0.4, 0.5) is 0 Å². The fourth-order valence-electron chi connectivity index (χ4n) is 2.20. The molecule has 0 amide bonds. The van der Waals surface area contributed by atoms with Crippen molar-refractivity contribution in [2.24, 2.45) is 0 Å². The molecule has 1 aromatic carbocycles. The standard InChI is InChI=1S/C12H17NO2S/c1-9-3-4-11(10(2)7-9)12-8-16(14,15)6-5-13-12/h3-4,7,12-13H,5-6,8H2,1-2H3. The Kier molecular flexibility index (Phi) is 3.04. The largest absolute Gasteiger partial charge is 0.308 e. The van der Waals surface area contributed by atoms with Gasteiger partial charge in [0.05, 0.1) is 11.5 Å². The van der Waals surface area contributed by atoms with Gasteiger partial charge in [0.25, 0.3) is 0 Å². The van der Waals surface area contributed by atoms with Crippen LogP contribution in [0.3, 0.4) is 0 Å². The summed E-state index contributed by atoms with van der Waals surface area (Å²) in [4.78, 5) is 0. The summed E-state index contributed by atoms with van der Waals surface area (Å²) in [5, 5.41) is 3.27. The Morgan fingerprint density at radius 1 is 1.31 bits per heavy atom. The minimum absolute atomic E-state index is 0.0423. The van der Waals surface area contributed by atoms with E-state index < -0.39 is 9.84 Å². The zero-order chi connectivity index (χ0) is 11.8. The highest BCUT2D eigenvalue weighted by molar-refractivity contribution is 7.91. The minimum atomic E-state index is -2.87. The molecule has 0 saturated carbocycles. The lowest BCUT2D eigenvalue weighted by Gasteiger charge is -2.25. The summed E-state index contributed by atoms with van der Waals surface area (Å²) < 4.78 is 23.1. The summed E-state index contributed by atoms with van der Waals surface area (Å²) in [6.07, 6.45) is 0. The molecule has 3 nitrogen and oxygen atoms in total. The zero-order valence-corrected chi connectivity index (χ0v) is 10.5. The lowest BCUT2D eigenvalue weighted by atomic mass is 10.0. The molecule has 1 unspecified atom stereocenters. The van der Waals surface area contributed by atoms with Crippen molar-refractivity contribution in [2.75, 3.05) is 18.1 Å². The van der Waals surface area contributed by atoms with E-state index in [9.17, 15) is 8.42 Å². The molecule has 88 valence electrons. The monoisotopic (exact) mass is 239 g/mol. The molecular formula is C12H17NO2S. The van der Waals surface area contributed by atoms with E-state index >= 15 is 0 Å². The van der Waals surface area contributed by atoms with Crippen LogP contribution in [0, 0.1) is 13.8 Å². The zero-order valence-electron chi connectivity index (χ0n) is 9.66. The second-order valence-corrected chi connectivity index (χ2v) is 6.71. The molecule has 0 bridgehead atoms. The molecule has 0 spiro atoms. The molecule has 4 heteroatoms. The Morgan fingerprint density at radius 2 is 2.06 bits per heavy atom. The van der Waals surface area contributed by atoms with Gasteiger partial charge in [-0.05, 0) is 25.0 Å². The first-order valence-electron chi connectivity index (χ1n) is 5.49. The number of sulfone groups is 1. The summed E-state index contributed by atoms with van der Waals surface area (Å²) in [6.45, 7) is 4.63. The van der Waals surface area contributed by atoms with Gasteiger partial charge >= 0.3 is 0 Å². The average Bonchev–Trinajstić information content (AvgIpc) is 2.15. The van der Waals surface area contributed by atoms with Crippen LogP contribution in [0.1, 0.15) is 22.7 Å². The van der Waals surface area contributed by atoms with Gasteiger partial charge in [-0.2, -0.15) is 0 Å². The van der Waals surface area contributed by atoms with E-state index in [0.29, 0.717) is 6.54 Å². The summed E-state index contributed by atoms with van der Waals surface area (Å²) in [5.41, 5.74) is 3.48. The SMILES string of the molecule is Cc1ccc(C2CS(=O)(=O)CCN2)c(C)c1. The highest BCUT2D eigenvalue weighted by Gasteiger charge is 2.26. The van der Waals surface area contributed by atoms with Crippen LogP contribution in [-0.4, -0.2) is 26.5 Å². The van der Waals surface area contributed by atoms with Gasteiger partial charge in [0.15, 0.2) is 9.84 Å². The number of rotatable bonds is 1. The van der Waals surface area contributed by atoms with Crippen LogP contribution in [-0.2, 0) is 9.84 Å². The summed E-state index contributed by atoms with van der Waals surface area (Å²) in [5.74, 6) is 0.477. The Morgan fingerprint density at radius 3 is 2.69 bits per heavy atom. The van der Waals surface area contributed by atoms with Crippen molar-refractivity contribution in [1.29, 1.82) is 0 Å². The summed E-state index contributed by atoms with van der Waals surface area (Å²) in [6, 6.07) is 6.12. The van der Waals surface area contributed by atoms with Crippen molar-refractivity contribution >= 4 is 9.84 Å². The van der Waals surface area contributed by atoms with E-state index in [0.717, 1.165) is 11.1 Å². The third kappa shape index (κ3) is 2.44. The number of hydrogen-bond donors (Lipinski definition) is 1. The Labute approximate surface area is 96.8 Å². The Balaban J connectivity index is 2.30. The molecular weight excluding hydrogens is 222 g/mol. The fourth-order valence-corrected chi connectivity index (χ4v) is 3.60. The van der Waals surface area contributed by atoms with Crippen molar-refractivity contribution in [2.45, 2.75) is 19.9 Å². The van der Waals surface area contributed by atoms with Gasteiger partial charge in [-0.25, -0.2) is 8.42 Å². The lowest BCUT2D eigenvalue weighted by molar-refractivity contribution is 0.530. The molecule has 1 atom stereocenters. The summed E-state index contributed by atoms with van der Waals surface area (Å²) >= 11 is 0. The maximum atomic E-state index is 11.6. The number of benzene rings is 1. The molecule has 0 aliphatic carbocycles. The van der Waals surface area contributed by atoms with Crippen LogP contribution >= 0.6 is 0 Å². The molecule has 1 aliphatic rings. The normalized spacial score (nSPS) is 24.2. The van der Waals surface area contributed by atoms with E-state index in [4.69, 9.17) is 0 Å². The van der Waals surface area contributed by atoms with Crippen molar-refractivity contribution in [1.82, 2.24) is 5.32 Å². The lowest BCUT2D eigenvalue weighted by Crippen LogP contribution is -2.39. The van der Waals surface area contributed by atoms with Crippen LogP contribution in [0.5, 0.6) is 0 Å². The van der Waals surface area contributed by atoms with Gasteiger partial charge in [-0.1, -0.05) is 23.8 Å². The van der Waals surface area contributed by atoms with Crippen LogP contribution in [0.2, 0.25) is 0 Å². The molecule has 1 aliphatic heterocycles. The first-order chi connectivity index (χ1) is 7.48. The van der Waals surface area contributed by atoms with E-state index in [1.54, 1.807) is 0 Å². The molecule has 1 aromatic rings. The predicted molar refractivity (Wildman–Crippen MR) is 65.3 cm³/mol. The number of aryl methyl sites for hydroxylation is 2. The second-order valence-electron chi connectivity index (χ2n) is 4.48. The van der Waals surface area contributed by atoms with Gasteiger partial charge < -0.3 is 5.32 Å². The molecule has 1 heterocycles. The highest BCUT2D eigenvalue weighted by atomic mass is 32.2. The van der Waals surface area contributed by atoms with Crippen molar-refractivity contribution in [3.63, 3.8) is 0 Å². The Bertz CT molecular complexity index is 494. The van der Waals surface area contributed by atoms with Gasteiger partial charge in [0.2, 0.25) is 0 Å². The van der Waals surface area contributed by atoms with Gasteiger partial charge in [0.1, 0.15) is 0 Å². The fraction of sp³-hybridized carbons (Fsp3) is 0.500. The second kappa shape index (κ2) is 4.18. The third-order valence-corrected chi connectivity index (χ3v) is 4.69. The van der Waals surface area contributed by atoms with Gasteiger partial charge in [0, 0.05) is 12.6 Å². The molecule has 1 fully saturated rings. The summed E-state index contributed by atoms with van der Waals surface area (Å²) in [7, 11) is -2.87. The molecule has 1 saturated heterocycles. The number of hydrogen-bond acceptors (Lipinski definition) is 3. The van der Waals surface area contributed by atoms with Crippen molar-refractivity contribution in [3.8, 4) is 0 Å². The maximum Gasteiger partial charge on any atom is 0.153 e. The van der Waals surface area contributed by atoms with Gasteiger partial charge in [-0.3, -0.25) is 0 Å². The van der Waals surface area contributed by atoms with E-state index in [1.807, 2.05) is 26.0 Å². The first-order valence-corrected chi connectivity index (χ1v) is 7.31. The maximum absolute atomic E-state index is 11.6. The van der Waals surface area contributed by atoms with Gasteiger partial charge in [-0.15, -0.1) is 0 Å². The molecule has 0 radical (unpaired) electrons. The van der Waals surface area contributed by atoms with Crippen LogP contribution in [0.15, 0.2) is 18.2 Å². The van der Waals surface area contributed by atoms with E-state index in [-0.39, 0.29) is 17.5 Å². The first kappa shape index (κ1) is 11.6. The number of nitrogens with one attached hydrogen (secondary N) is 1. The highest BCUT2D eigenvalue weighted by Crippen LogP contribution is 2.22. The third-order valence-electron chi connectivity index (χ3n) is 3.03. The van der Waals surface area contributed by atoms with Crippen molar-refractivity contribution < 1.29 is 8.42 Å². The quantitative estimate of drug-likeness (QED) is 0.805. The molecule has 2 rings (SSSR count). The van der Waals surface area contributed by atoms with Crippen LogP contribution < -0.4 is 5.32 Å². The smallest absolute Gasteiger partial charge is 0.153 e. The molecule has 16 heavy (non-hydrogen) atoms. The average molecular weight is 239 g/mol. The topological polar surface area (TPSA) is 46.2 Å². The van der Waals surface area contributed by atoms with Crippen LogP contribution in [0.25, 0.3) is 0 Å². The van der Waals surface area contributed by atoms with E-state index in [1.165, 1.54) is 5.56 Å². The van der Waals surface area contributed by atoms with Crippen molar-refractivity contribution in [3.05, 3.63) is 34.9 Å². The molecule has 0 aromatic heterocycles. The van der Waals surface area contributed by atoms with E-state index in [2.05, 4.69) is 11.4 Å². The Hall–Kier alpha value is -0.870. The molecule has 1 N–H and O–H groups in total.